The van der Waals surface area contributed by atoms with Crippen LogP contribution >= 0.6 is 0 Å². The average Bonchev–Trinajstić information content (AvgIpc) is 2.69. The minimum absolute atomic E-state index is 0.0490. The number of aliphatic carboxylic acids is 1. The van der Waals surface area contributed by atoms with Gasteiger partial charge in [-0.2, -0.15) is 0 Å². The first-order chi connectivity index (χ1) is 17.1. The topological polar surface area (TPSA) is 161 Å². The van der Waals surface area contributed by atoms with E-state index in [1.807, 2.05) is 0 Å². The second-order valence-electron chi connectivity index (χ2n) is 12.0. The molecule has 0 radical (unpaired) electrons. The highest BCUT2D eigenvalue weighted by molar-refractivity contribution is 5.76. The molecule has 0 fully saturated rings. The largest absolute Gasteiger partial charge is 0.514 e. The molecular weight excluding hydrogens is 498 g/mol. The molecule has 0 saturated carbocycles. The molecular formula is C27H41NO10. The van der Waals surface area contributed by atoms with Gasteiger partial charge >= 0.3 is 24.2 Å². The first kappa shape index (κ1) is 32.7. The SMILES string of the molecule is CC(CC(c1ccc(OC(=O)OC(C)(C)C)c(OC(=O)OC(C)(C)C)c1)[C@H](N)C(=O)O)OC(=O)C(C)(C)C. The molecule has 1 rings (SSSR count). The number of hydrogen-bond acceptors (Lipinski definition) is 10. The zero-order valence-corrected chi connectivity index (χ0v) is 23.9. The zero-order chi connectivity index (χ0) is 29.6. The quantitative estimate of drug-likeness (QED) is 0.254. The fraction of sp³-hybridized carbons (Fsp3) is 0.630. The van der Waals surface area contributed by atoms with Crippen LogP contribution in [0.1, 0.15) is 87.1 Å². The highest BCUT2D eigenvalue weighted by Gasteiger charge is 2.32. The van der Waals surface area contributed by atoms with E-state index in [-0.39, 0.29) is 17.9 Å². The Balaban J connectivity index is 3.43. The molecule has 0 aliphatic carbocycles. The molecule has 11 heteroatoms. The minimum Gasteiger partial charge on any atom is -0.480 e. The molecule has 0 aliphatic rings. The van der Waals surface area contributed by atoms with Gasteiger partial charge in [-0.25, -0.2) is 9.59 Å². The van der Waals surface area contributed by atoms with Gasteiger partial charge in [0.15, 0.2) is 11.5 Å². The molecule has 0 aromatic heterocycles. The molecule has 0 spiro atoms. The molecule has 0 bridgehead atoms. The number of carboxylic acid groups (broad SMARTS) is 1. The molecule has 1 aromatic carbocycles. The van der Waals surface area contributed by atoms with Gasteiger partial charge in [0.2, 0.25) is 0 Å². The van der Waals surface area contributed by atoms with E-state index in [4.69, 9.17) is 29.4 Å². The predicted molar refractivity (Wildman–Crippen MR) is 138 cm³/mol. The van der Waals surface area contributed by atoms with Gasteiger partial charge in [0, 0.05) is 5.92 Å². The molecule has 0 saturated heterocycles. The Labute approximate surface area is 223 Å². The average molecular weight is 540 g/mol. The molecule has 38 heavy (non-hydrogen) atoms. The van der Waals surface area contributed by atoms with Crippen LogP contribution in [0.4, 0.5) is 9.59 Å². The van der Waals surface area contributed by atoms with E-state index in [1.54, 1.807) is 69.2 Å². The Bertz CT molecular complexity index is 1010. The van der Waals surface area contributed by atoms with E-state index in [2.05, 4.69) is 0 Å². The molecule has 2 unspecified atom stereocenters. The van der Waals surface area contributed by atoms with E-state index in [1.165, 1.54) is 18.2 Å². The summed E-state index contributed by atoms with van der Waals surface area (Å²) in [6, 6.07) is 2.74. The van der Waals surface area contributed by atoms with Gasteiger partial charge in [0.1, 0.15) is 17.2 Å². The normalized spacial score (nSPS) is 14.5. The highest BCUT2D eigenvalue weighted by Crippen LogP contribution is 2.35. The summed E-state index contributed by atoms with van der Waals surface area (Å²) in [5.41, 5.74) is 3.87. The van der Waals surface area contributed by atoms with Crippen molar-refractivity contribution in [3.8, 4) is 11.5 Å². The first-order valence-corrected chi connectivity index (χ1v) is 12.2. The van der Waals surface area contributed by atoms with Crippen molar-refractivity contribution in [1.82, 2.24) is 0 Å². The number of carbonyl (C=O) groups excluding carboxylic acids is 3. The van der Waals surface area contributed by atoms with Gasteiger partial charge in [-0.05, 0) is 93.4 Å². The zero-order valence-electron chi connectivity index (χ0n) is 23.9. The van der Waals surface area contributed by atoms with Gasteiger partial charge < -0.3 is 34.5 Å². The monoisotopic (exact) mass is 539 g/mol. The maximum absolute atomic E-state index is 12.4. The van der Waals surface area contributed by atoms with E-state index in [0.717, 1.165) is 0 Å². The predicted octanol–water partition coefficient (Wildman–Crippen LogP) is 5.18. The Hall–Kier alpha value is -3.34. The third-order valence-corrected chi connectivity index (χ3v) is 4.79. The van der Waals surface area contributed by atoms with E-state index in [0.29, 0.717) is 5.56 Å². The summed E-state index contributed by atoms with van der Waals surface area (Å²) in [5, 5.41) is 9.64. The summed E-state index contributed by atoms with van der Waals surface area (Å²) in [4.78, 5) is 48.8. The van der Waals surface area contributed by atoms with Crippen LogP contribution in [-0.2, 0) is 23.8 Å². The van der Waals surface area contributed by atoms with Crippen LogP contribution in [0.2, 0.25) is 0 Å². The molecule has 0 amide bonds. The van der Waals surface area contributed by atoms with Gasteiger partial charge in [-0.15, -0.1) is 0 Å². The summed E-state index contributed by atoms with van der Waals surface area (Å²) in [6.45, 7) is 16.6. The lowest BCUT2D eigenvalue weighted by atomic mass is 9.86. The van der Waals surface area contributed by atoms with Gasteiger partial charge in [-0.1, -0.05) is 6.07 Å². The molecule has 214 valence electrons. The van der Waals surface area contributed by atoms with Crippen LogP contribution in [0, 0.1) is 5.41 Å². The summed E-state index contributed by atoms with van der Waals surface area (Å²) < 4.78 is 26.4. The number of carboxylic acids is 1. The maximum Gasteiger partial charge on any atom is 0.514 e. The summed E-state index contributed by atoms with van der Waals surface area (Å²) in [5.74, 6) is -2.99. The van der Waals surface area contributed by atoms with Crippen LogP contribution in [0.25, 0.3) is 0 Å². The number of nitrogens with two attached hydrogens (primary N) is 1. The second-order valence-corrected chi connectivity index (χ2v) is 12.0. The van der Waals surface area contributed by atoms with Gasteiger partial charge in [-0.3, -0.25) is 9.59 Å². The van der Waals surface area contributed by atoms with E-state index in [9.17, 15) is 24.3 Å². The maximum atomic E-state index is 12.4. The van der Waals surface area contributed by atoms with Crippen molar-refractivity contribution in [2.24, 2.45) is 11.1 Å². The third-order valence-electron chi connectivity index (χ3n) is 4.79. The van der Waals surface area contributed by atoms with E-state index >= 15 is 0 Å². The molecule has 11 nitrogen and oxygen atoms in total. The number of esters is 1. The Morgan fingerprint density at radius 1 is 0.842 bits per heavy atom. The molecule has 3 N–H and O–H groups in total. The van der Waals surface area contributed by atoms with Gasteiger partial charge in [0.25, 0.3) is 0 Å². The fourth-order valence-corrected chi connectivity index (χ4v) is 3.07. The number of hydrogen-bond donors (Lipinski definition) is 2. The molecule has 3 atom stereocenters. The minimum atomic E-state index is -1.39. The number of carbonyl (C=O) groups is 4. The first-order valence-electron chi connectivity index (χ1n) is 12.2. The lowest BCUT2D eigenvalue weighted by molar-refractivity contribution is -0.158. The summed E-state index contributed by atoms with van der Waals surface area (Å²) in [7, 11) is 0. The molecule has 0 aliphatic heterocycles. The number of rotatable bonds is 8. The van der Waals surface area contributed by atoms with Crippen molar-refractivity contribution < 1.29 is 48.0 Å². The Kier molecular flexibility index (Phi) is 10.7. The second kappa shape index (κ2) is 12.5. The lowest BCUT2D eigenvalue weighted by Gasteiger charge is -2.27. The lowest BCUT2D eigenvalue weighted by Crippen LogP contribution is -2.39. The highest BCUT2D eigenvalue weighted by atomic mass is 16.8. The Morgan fingerprint density at radius 2 is 1.32 bits per heavy atom. The van der Waals surface area contributed by atoms with Crippen LogP contribution < -0.4 is 15.2 Å². The van der Waals surface area contributed by atoms with Crippen LogP contribution in [0.3, 0.4) is 0 Å². The molecule has 0 heterocycles. The van der Waals surface area contributed by atoms with Crippen LogP contribution in [-0.4, -0.2) is 52.7 Å². The smallest absolute Gasteiger partial charge is 0.480 e. The van der Waals surface area contributed by atoms with Gasteiger partial charge in [0.05, 0.1) is 11.5 Å². The van der Waals surface area contributed by atoms with E-state index < -0.39 is 58.9 Å². The number of benzene rings is 1. The fourth-order valence-electron chi connectivity index (χ4n) is 3.07. The van der Waals surface area contributed by atoms with Crippen LogP contribution in [0.15, 0.2) is 18.2 Å². The van der Waals surface area contributed by atoms with Crippen molar-refractivity contribution >= 4 is 24.2 Å². The Morgan fingerprint density at radius 3 is 1.74 bits per heavy atom. The van der Waals surface area contributed by atoms with Crippen molar-refractivity contribution in [1.29, 1.82) is 0 Å². The van der Waals surface area contributed by atoms with Crippen molar-refractivity contribution in [2.45, 2.75) is 105 Å². The van der Waals surface area contributed by atoms with Crippen LogP contribution in [0.5, 0.6) is 11.5 Å². The number of ether oxygens (including phenoxy) is 5. The van der Waals surface area contributed by atoms with Crippen molar-refractivity contribution in [2.75, 3.05) is 0 Å². The standard InChI is InChI=1S/C27H41NO10/c1-15(34-22(31)25(2,3)4)13-17(20(28)21(29)30)16-11-12-18(35-23(32)37-26(5,6)7)19(14-16)36-24(33)38-27(8,9)10/h11-12,14-15,17,20H,13,28H2,1-10H3,(H,29,30)/t15?,17?,20-/m0/s1. The molecule has 1 aromatic rings. The third kappa shape index (κ3) is 11.4. The summed E-state index contributed by atoms with van der Waals surface area (Å²) in [6.07, 6.45) is -2.76. The summed E-state index contributed by atoms with van der Waals surface area (Å²) >= 11 is 0. The van der Waals surface area contributed by atoms with Crippen molar-refractivity contribution in [3.05, 3.63) is 23.8 Å². The van der Waals surface area contributed by atoms with Crippen molar-refractivity contribution in [3.63, 3.8) is 0 Å².